The Bertz CT molecular complexity index is 621. The number of nitrogens with one attached hydrogen (secondary N) is 2. The van der Waals surface area contributed by atoms with E-state index >= 15 is 0 Å². The maximum absolute atomic E-state index is 11.8. The Morgan fingerprint density at radius 3 is 1.85 bits per heavy atom. The average molecular weight is 285 g/mol. The first kappa shape index (κ1) is 14.0. The van der Waals surface area contributed by atoms with Crippen LogP contribution >= 0.6 is 12.2 Å². The molecule has 2 rings (SSSR count). The molecular formula is C15H15N3OS. The number of thiocarbonyl (C=S) groups is 1. The lowest BCUT2D eigenvalue weighted by molar-refractivity contribution is 0.262. The van der Waals surface area contributed by atoms with Gasteiger partial charge < -0.3 is 16.4 Å². The monoisotopic (exact) mass is 285 g/mol. The zero-order valence-electron chi connectivity index (χ0n) is 11.0. The summed E-state index contributed by atoms with van der Waals surface area (Å²) in [6, 6.07) is 14.3. The summed E-state index contributed by atoms with van der Waals surface area (Å²) in [4.78, 5) is 12.1. The van der Waals surface area contributed by atoms with Crippen LogP contribution < -0.4 is 16.4 Å². The maximum Gasteiger partial charge on any atom is 0.323 e. The van der Waals surface area contributed by atoms with Gasteiger partial charge in [0.1, 0.15) is 4.99 Å². The van der Waals surface area contributed by atoms with Crippen molar-refractivity contribution in [3.63, 3.8) is 0 Å². The molecule has 2 aromatic rings. The van der Waals surface area contributed by atoms with E-state index in [-0.39, 0.29) is 6.03 Å². The lowest BCUT2D eigenvalue weighted by Crippen LogP contribution is -2.19. The minimum Gasteiger partial charge on any atom is -0.389 e. The average Bonchev–Trinajstić information content (AvgIpc) is 2.42. The van der Waals surface area contributed by atoms with Gasteiger partial charge in [-0.1, -0.05) is 29.9 Å². The van der Waals surface area contributed by atoms with Crippen LogP contribution in [0, 0.1) is 6.92 Å². The molecule has 2 amide bonds. The highest BCUT2D eigenvalue weighted by Crippen LogP contribution is 2.12. The molecule has 20 heavy (non-hydrogen) atoms. The van der Waals surface area contributed by atoms with E-state index in [9.17, 15) is 4.79 Å². The van der Waals surface area contributed by atoms with Gasteiger partial charge in [-0.2, -0.15) is 0 Å². The number of hydrogen-bond donors (Lipinski definition) is 3. The largest absolute Gasteiger partial charge is 0.389 e. The van der Waals surface area contributed by atoms with Gasteiger partial charge >= 0.3 is 6.03 Å². The van der Waals surface area contributed by atoms with Crippen molar-refractivity contribution in [2.75, 3.05) is 10.6 Å². The number of amides is 2. The van der Waals surface area contributed by atoms with Crippen LogP contribution in [0.25, 0.3) is 0 Å². The summed E-state index contributed by atoms with van der Waals surface area (Å²) in [6.07, 6.45) is 0. The van der Waals surface area contributed by atoms with Gasteiger partial charge in [0.2, 0.25) is 0 Å². The summed E-state index contributed by atoms with van der Waals surface area (Å²) in [6.45, 7) is 1.99. The quantitative estimate of drug-likeness (QED) is 0.758. The molecule has 0 heterocycles. The zero-order chi connectivity index (χ0) is 14.5. The number of rotatable bonds is 3. The van der Waals surface area contributed by atoms with Crippen molar-refractivity contribution in [1.82, 2.24) is 0 Å². The highest BCUT2D eigenvalue weighted by molar-refractivity contribution is 7.80. The second-order valence-corrected chi connectivity index (χ2v) is 4.83. The minimum absolute atomic E-state index is 0.295. The fourth-order valence-corrected chi connectivity index (χ4v) is 1.78. The first-order valence-electron chi connectivity index (χ1n) is 6.09. The molecule has 0 spiro atoms. The number of nitrogens with two attached hydrogens (primary N) is 1. The standard InChI is InChI=1S/C15H15N3OS/c1-10-2-6-12(7-3-10)17-15(19)18-13-8-4-11(5-9-13)14(16)20/h2-9H,1H3,(H2,16,20)(H2,17,18,19). The van der Waals surface area contributed by atoms with Gasteiger partial charge in [0.25, 0.3) is 0 Å². The Morgan fingerprint density at radius 2 is 1.40 bits per heavy atom. The molecule has 0 saturated carbocycles. The molecule has 0 aliphatic heterocycles. The third-order valence-electron chi connectivity index (χ3n) is 2.74. The molecular weight excluding hydrogens is 270 g/mol. The van der Waals surface area contributed by atoms with E-state index in [2.05, 4.69) is 10.6 Å². The third-order valence-corrected chi connectivity index (χ3v) is 2.97. The van der Waals surface area contributed by atoms with Crippen LogP contribution in [-0.2, 0) is 0 Å². The van der Waals surface area contributed by atoms with Crippen LogP contribution in [0.15, 0.2) is 48.5 Å². The molecule has 0 aliphatic rings. The Labute approximate surface area is 123 Å². The van der Waals surface area contributed by atoms with E-state index < -0.39 is 0 Å². The highest BCUT2D eigenvalue weighted by atomic mass is 32.1. The van der Waals surface area contributed by atoms with Crippen LogP contribution in [-0.4, -0.2) is 11.0 Å². The summed E-state index contributed by atoms with van der Waals surface area (Å²) >= 11 is 4.87. The predicted octanol–water partition coefficient (Wildman–Crippen LogP) is 3.27. The number of urea groups is 1. The fraction of sp³-hybridized carbons (Fsp3) is 0.0667. The molecule has 4 nitrogen and oxygen atoms in total. The summed E-state index contributed by atoms with van der Waals surface area (Å²) in [5.74, 6) is 0. The lowest BCUT2D eigenvalue weighted by atomic mass is 10.2. The van der Waals surface area contributed by atoms with E-state index in [1.165, 1.54) is 0 Å². The molecule has 0 aliphatic carbocycles. The van der Waals surface area contributed by atoms with Crippen LogP contribution in [0.2, 0.25) is 0 Å². The maximum atomic E-state index is 11.8. The molecule has 0 atom stereocenters. The first-order valence-corrected chi connectivity index (χ1v) is 6.50. The van der Waals surface area contributed by atoms with Crippen molar-refractivity contribution in [3.05, 3.63) is 59.7 Å². The molecule has 0 bridgehead atoms. The van der Waals surface area contributed by atoms with Crippen molar-refractivity contribution < 1.29 is 4.79 Å². The zero-order valence-corrected chi connectivity index (χ0v) is 11.8. The Kier molecular flexibility index (Phi) is 4.32. The summed E-state index contributed by atoms with van der Waals surface area (Å²) in [5.41, 5.74) is 8.84. The van der Waals surface area contributed by atoms with Gasteiger partial charge in [0, 0.05) is 16.9 Å². The highest BCUT2D eigenvalue weighted by Gasteiger charge is 2.03. The number of carbonyl (C=O) groups is 1. The molecule has 0 radical (unpaired) electrons. The summed E-state index contributed by atoms with van der Waals surface area (Å²) < 4.78 is 0. The predicted molar refractivity (Wildman–Crippen MR) is 86.1 cm³/mol. The van der Waals surface area contributed by atoms with Crippen molar-refractivity contribution >= 4 is 34.6 Å². The molecule has 0 fully saturated rings. The van der Waals surface area contributed by atoms with Crippen molar-refractivity contribution in [3.8, 4) is 0 Å². The van der Waals surface area contributed by atoms with Crippen LogP contribution in [0.5, 0.6) is 0 Å². The smallest absolute Gasteiger partial charge is 0.323 e. The first-order chi connectivity index (χ1) is 9.54. The van der Waals surface area contributed by atoms with Crippen molar-refractivity contribution in [2.24, 2.45) is 5.73 Å². The normalized spacial score (nSPS) is 9.85. The summed E-state index contributed by atoms with van der Waals surface area (Å²) in [5, 5.41) is 5.49. The Morgan fingerprint density at radius 1 is 0.950 bits per heavy atom. The van der Waals surface area contributed by atoms with Gasteiger partial charge in [0.15, 0.2) is 0 Å². The number of aryl methyl sites for hydroxylation is 1. The number of anilines is 2. The Balaban J connectivity index is 1.97. The van der Waals surface area contributed by atoms with Crippen molar-refractivity contribution in [2.45, 2.75) is 6.92 Å². The van der Waals surface area contributed by atoms with Crippen LogP contribution in [0.3, 0.4) is 0 Å². The molecule has 102 valence electrons. The number of hydrogen-bond acceptors (Lipinski definition) is 2. The number of benzene rings is 2. The molecule has 2 aromatic carbocycles. The van der Waals surface area contributed by atoms with Gasteiger partial charge in [-0.25, -0.2) is 4.79 Å². The second-order valence-electron chi connectivity index (χ2n) is 4.39. The minimum atomic E-state index is -0.295. The number of carbonyl (C=O) groups excluding carboxylic acids is 1. The SMILES string of the molecule is Cc1ccc(NC(=O)Nc2ccc(C(N)=S)cc2)cc1. The van der Waals surface area contributed by atoms with Gasteiger partial charge in [-0.05, 0) is 43.3 Å². The van der Waals surface area contributed by atoms with Crippen molar-refractivity contribution in [1.29, 1.82) is 0 Å². The molecule has 0 unspecified atom stereocenters. The van der Waals surface area contributed by atoms with Crippen LogP contribution in [0.4, 0.5) is 16.2 Å². The molecule has 5 heteroatoms. The fourth-order valence-electron chi connectivity index (χ4n) is 1.65. The van der Waals surface area contributed by atoms with Gasteiger partial charge in [-0.15, -0.1) is 0 Å². The molecule has 4 N–H and O–H groups in total. The molecule has 0 aromatic heterocycles. The van der Waals surface area contributed by atoms with E-state index in [0.717, 1.165) is 16.8 Å². The topological polar surface area (TPSA) is 67.2 Å². The van der Waals surface area contributed by atoms with Gasteiger partial charge in [-0.3, -0.25) is 0 Å². The van der Waals surface area contributed by atoms with E-state index in [1.54, 1.807) is 24.3 Å². The second kappa shape index (κ2) is 6.16. The van der Waals surface area contributed by atoms with Crippen LogP contribution in [0.1, 0.15) is 11.1 Å². The Hall–Kier alpha value is -2.40. The summed E-state index contributed by atoms with van der Waals surface area (Å²) in [7, 11) is 0. The van der Waals surface area contributed by atoms with Gasteiger partial charge in [0.05, 0.1) is 0 Å². The molecule has 0 saturated heterocycles. The van der Waals surface area contributed by atoms with E-state index in [0.29, 0.717) is 10.7 Å². The third kappa shape index (κ3) is 3.80. The lowest BCUT2D eigenvalue weighted by Gasteiger charge is -2.08. The van der Waals surface area contributed by atoms with E-state index in [1.807, 2.05) is 31.2 Å². The van der Waals surface area contributed by atoms with E-state index in [4.69, 9.17) is 18.0 Å².